The van der Waals surface area contributed by atoms with Crippen molar-refractivity contribution in [2.75, 3.05) is 20.8 Å². The molecule has 1 aliphatic heterocycles. The number of allylic oxidation sites excluding steroid dienone is 3. The van der Waals surface area contributed by atoms with Gasteiger partial charge in [-0.2, -0.15) is 0 Å². The highest BCUT2D eigenvalue weighted by molar-refractivity contribution is 6.30. The molecule has 0 saturated heterocycles. The van der Waals surface area contributed by atoms with Crippen molar-refractivity contribution in [2.45, 2.75) is 51.4 Å². The largest absolute Gasteiger partial charge is 0.493 e. The number of methoxy groups -OCH3 is 2. The van der Waals surface area contributed by atoms with E-state index in [1.165, 1.54) is 0 Å². The predicted octanol–water partition coefficient (Wildman–Crippen LogP) is 6.06. The number of unbranched alkanes of at least 4 members (excludes halogenated alkanes) is 1. The number of hydrogen-bond donors (Lipinski definition) is 1. The molecule has 0 saturated carbocycles. The zero-order valence-electron chi connectivity index (χ0n) is 21.2. The summed E-state index contributed by atoms with van der Waals surface area (Å²) in [6.45, 7) is 4.25. The SMILES string of the molecule is CCCCOC(=O)C1=C(C)NC2=C(C(=O)C[C@H](c3ccc(OC)c(OC)c3)C2)[C@@H]1c1cccc(Cl)c1. The number of carbonyl (C=O) groups is 2. The number of esters is 1. The van der Waals surface area contributed by atoms with Gasteiger partial charge < -0.3 is 19.5 Å². The van der Waals surface area contributed by atoms with Crippen LogP contribution in [0.25, 0.3) is 0 Å². The molecule has 36 heavy (non-hydrogen) atoms. The van der Waals surface area contributed by atoms with Crippen LogP contribution in [0, 0.1) is 0 Å². The van der Waals surface area contributed by atoms with Crippen molar-refractivity contribution in [3.63, 3.8) is 0 Å². The summed E-state index contributed by atoms with van der Waals surface area (Å²) in [6, 6.07) is 13.1. The molecule has 1 heterocycles. The topological polar surface area (TPSA) is 73.9 Å². The first kappa shape index (κ1) is 25.8. The molecule has 7 heteroatoms. The molecular formula is C29H32ClNO5. The van der Waals surface area contributed by atoms with E-state index in [-0.39, 0.29) is 11.7 Å². The Hall–Kier alpha value is -3.25. The minimum atomic E-state index is -0.534. The van der Waals surface area contributed by atoms with Gasteiger partial charge >= 0.3 is 5.97 Å². The molecule has 0 aromatic heterocycles. The molecule has 2 aromatic carbocycles. The summed E-state index contributed by atoms with van der Waals surface area (Å²) < 4.78 is 16.4. The van der Waals surface area contributed by atoms with E-state index in [0.717, 1.165) is 29.7 Å². The number of Topliss-reactive ketones (excluding diaryl/α,β-unsaturated/α-hetero) is 1. The molecule has 6 nitrogen and oxygen atoms in total. The predicted molar refractivity (Wildman–Crippen MR) is 139 cm³/mol. The third-order valence-electron chi connectivity index (χ3n) is 6.84. The van der Waals surface area contributed by atoms with E-state index in [2.05, 4.69) is 5.32 Å². The van der Waals surface area contributed by atoms with Crippen LogP contribution in [0.15, 0.2) is 65.0 Å². The lowest BCUT2D eigenvalue weighted by atomic mass is 9.71. The second-order valence-electron chi connectivity index (χ2n) is 9.18. The van der Waals surface area contributed by atoms with E-state index >= 15 is 0 Å². The number of ketones is 1. The van der Waals surface area contributed by atoms with Gasteiger partial charge in [0.15, 0.2) is 17.3 Å². The van der Waals surface area contributed by atoms with Crippen LogP contribution in [0.3, 0.4) is 0 Å². The first-order chi connectivity index (χ1) is 17.4. The molecule has 4 rings (SSSR count). The fourth-order valence-electron chi connectivity index (χ4n) is 5.06. The standard InChI is InChI=1S/C29H32ClNO5/c1-5-6-12-36-29(33)26-17(2)31-22-14-20(18-10-11-24(34-3)25(16-18)35-4)15-23(32)28(22)27(26)19-8-7-9-21(30)13-19/h7-11,13,16,20,27,31H,5-6,12,14-15H2,1-4H3/t20-,27-/m1/s1. The van der Waals surface area contributed by atoms with Gasteiger partial charge in [0.1, 0.15) is 0 Å². The van der Waals surface area contributed by atoms with Gasteiger partial charge in [-0.25, -0.2) is 4.79 Å². The number of hydrogen-bond acceptors (Lipinski definition) is 6. The van der Waals surface area contributed by atoms with E-state index in [1.807, 2.05) is 50.2 Å². The average molecular weight is 510 g/mol. The zero-order chi connectivity index (χ0) is 25.8. The maximum Gasteiger partial charge on any atom is 0.336 e. The summed E-state index contributed by atoms with van der Waals surface area (Å²) in [4.78, 5) is 27.0. The van der Waals surface area contributed by atoms with Crippen molar-refractivity contribution in [3.05, 3.63) is 81.2 Å². The Morgan fingerprint density at radius 1 is 1.06 bits per heavy atom. The molecule has 2 aliphatic rings. The molecule has 2 aromatic rings. The van der Waals surface area contributed by atoms with E-state index < -0.39 is 11.9 Å². The van der Waals surface area contributed by atoms with Gasteiger partial charge in [0.25, 0.3) is 0 Å². The lowest BCUT2D eigenvalue weighted by molar-refractivity contribution is -0.139. The van der Waals surface area contributed by atoms with Crippen LogP contribution in [-0.4, -0.2) is 32.6 Å². The lowest BCUT2D eigenvalue weighted by Crippen LogP contribution is -2.36. The summed E-state index contributed by atoms with van der Waals surface area (Å²) in [7, 11) is 3.20. The number of dihydropyridines is 1. The number of nitrogens with one attached hydrogen (secondary N) is 1. The Labute approximate surface area is 217 Å². The molecular weight excluding hydrogens is 478 g/mol. The summed E-state index contributed by atoms with van der Waals surface area (Å²) in [6.07, 6.45) is 2.66. The fourth-order valence-corrected chi connectivity index (χ4v) is 5.26. The Kier molecular flexibility index (Phi) is 8.04. The van der Waals surface area contributed by atoms with Crippen molar-refractivity contribution in [1.82, 2.24) is 5.32 Å². The molecule has 0 fully saturated rings. The number of ether oxygens (including phenoxy) is 3. The molecule has 0 spiro atoms. The average Bonchev–Trinajstić information content (AvgIpc) is 2.87. The molecule has 0 unspecified atom stereocenters. The van der Waals surface area contributed by atoms with Crippen LogP contribution in [0.1, 0.15) is 62.5 Å². The molecule has 0 amide bonds. The number of halogens is 1. The van der Waals surface area contributed by atoms with Crippen molar-refractivity contribution in [2.24, 2.45) is 0 Å². The molecule has 0 bridgehead atoms. The molecule has 190 valence electrons. The first-order valence-corrected chi connectivity index (χ1v) is 12.6. The third kappa shape index (κ3) is 5.14. The molecule has 0 radical (unpaired) electrons. The highest BCUT2D eigenvalue weighted by atomic mass is 35.5. The maximum absolute atomic E-state index is 13.7. The highest BCUT2D eigenvalue weighted by Gasteiger charge is 2.41. The molecule has 1 N–H and O–H groups in total. The van der Waals surface area contributed by atoms with Crippen LogP contribution in [0.5, 0.6) is 11.5 Å². The second-order valence-corrected chi connectivity index (χ2v) is 9.61. The zero-order valence-corrected chi connectivity index (χ0v) is 21.9. The number of carbonyl (C=O) groups excluding carboxylic acids is 2. The molecule has 1 aliphatic carbocycles. The van der Waals surface area contributed by atoms with Crippen molar-refractivity contribution < 1.29 is 23.8 Å². The van der Waals surface area contributed by atoms with Gasteiger partial charge in [-0.15, -0.1) is 0 Å². The van der Waals surface area contributed by atoms with E-state index in [0.29, 0.717) is 52.8 Å². The Bertz CT molecular complexity index is 1230. The summed E-state index contributed by atoms with van der Waals surface area (Å²) in [5, 5.41) is 3.94. The number of rotatable bonds is 8. The van der Waals surface area contributed by atoms with Crippen LogP contribution >= 0.6 is 11.6 Å². The highest BCUT2D eigenvalue weighted by Crippen LogP contribution is 2.46. The van der Waals surface area contributed by atoms with E-state index in [4.69, 9.17) is 25.8 Å². The Balaban J connectivity index is 1.74. The smallest absolute Gasteiger partial charge is 0.336 e. The lowest BCUT2D eigenvalue weighted by Gasteiger charge is -2.36. The van der Waals surface area contributed by atoms with Gasteiger partial charge in [-0.05, 0) is 61.1 Å². The fraction of sp³-hybridized carbons (Fsp3) is 0.379. The summed E-state index contributed by atoms with van der Waals surface area (Å²) in [5.74, 6) is 0.302. The quantitative estimate of drug-likeness (QED) is 0.344. The van der Waals surface area contributed by atoms with Crippen molar-refractivity contribution >= 4 is 23.4 Å². The monoisotopic (exact) mass is 509 g/mol. The minimum absolute atomic E-state index is 0.000122. The molecule has 2 atom stereocenters. The van der Waals surface area contributed by atoms with Gasteiger partial charge in [-0.3, -0.25) is 4.79 Å². The normalized spacial score (nSPS) is 19.5. The summed E-state index contributed by atoms with van der Waals surface area (Å²) >= 11 is 6.33. The van der Waals surface area contributed by atoms with Crippen molar-refractivity contribution in [3.8, 4) is 11.5 Å². The van der Waals surface area contributed by atoms with Gasteiger partial charge in [0, 0.05) is 34.3 Å². The van der Waals surface area contributed by atoms with Crippen molar-refractivity contribution in [1.29, 1.82) is 0 Å². The van der Waals surface area contributed by atoms with Gasteiger partial charge in [-0.1, -0.05) is 43.1 Å². The first-order valence-electron chi connectivity index (χ1n) is 12.3. The van der Waals surface area contributed by atoms with Gasteiger partial charge in [0.05, 0.1) is 26.4 Å². The van der Waals surface area contributed by atoms with Crippen LogP contribution < -0.4 is 14.8 Å². The van der Waals surface area contributed by atoms with Crippen LogP contribution in [0.4, 0.5) is 0 Å². The second kappa shape index (κ2) is 11.2. The van der Waals surface area contributed by atoms with E-state index in [9.17, 15) is 9.59 Å². The maximum atomic E-state index is 13.7. The van der Waals surface area contributed by atoms with Gasteiger partial charge in [0.2, 0.25) is 0 Å². The minimum Gasteiger partial charge on any atom is -0.493 e. The Morgan fingerprint density at radius 3 is 2.53 bits per heavy atom. The van der Waals surface area contributed by atoms with Crippen LogP contribution in [0.2, 0.25) is 5.02 Å². The van der Waals surface area contributed by atoms with Crippen LogP contribution in [-0.2, 0) is 14.3 Å². The summed E-state index contributed by atoms with van der Waals surface area (Å²) in [5.41, 5.74) is 4.41. The third-order valence-corrected chi connectivity index (χ3v) is 7.07. The van der Waals surface area contributed by atoms with E-state index in [1.54, 1.807) is 20.3 Å². The number of benzene rings is 2. The Morgan fingerprint density at radius 2 is 1.83 bits per heavy atom.